The summed E-state index contributed by atoms with van der Waals surface area (Å²) in [6.07, 6.45) is 4.00. The predicted molar refractivity (Wildman–Crippen MR) is 101 cm³/mol. The van der Waals surface area contributed by atoms with Crippen LogP contribution in [0.4, 0.5) is 0 Å². The third-order valence-corrected chi connectivity index (χ3v) is 5.82. The Morgan fingerprint density at radius 1 is 1.16 bits per heavy atom. The van der Waals surface area contributed by atoms with Gasteiger partial charge in [0.25, 0.3) is 0 Å². The molecule has 138 valence electrons. The molecule has 1 unspecified atom stereocenters. The largest absolute Gasteiger partial charge is 0.383 e. The summed E-state index contributed by atoms with van der Waals surface area (Å²) in [4.78, 5) is 16.7. The van der Waals surface area contributed by atoms with Crippen molar-refractivity contribution >= 4 is 29.1 Å². The first-order chi connectivity index (χ1) is 12.0. The summed E-state index contributed by atoms with van der Waals surface area (Å²) in [5.41, 5.74) is 1.36. The van der Waals surface area contributed by atoms with Crippen LogP contribution in [-0.4, -0.2) is 55.6 Å². The van der Waals surface area contributed by atoms with Gasteiger partial charge in [-0.1, -0.05) is 23.2 Å². The fourth-order valence-corrected chi connectivity index (χ4v) is 4.82. The number of rotatable bonds is 5. The maximum absolute atomic E-state index is 12.2. The van der Waals surface area contributed by atoms with E-state index in [9.17, 15) is 4.79 Å². The molecule has 2 fully saturated rings. The molecule has 1 atom stereocenters. The first-order valence-electron chi connectivity index (χ1n) is 8.94. The van der Waals surface area contributed by atoms with Gasteiger partial charge in [0.15, 0.2) is 0 Å². The van der Waals surface area contributed by atoms with Crippen LogP contribution in [0.15, 0.2) is 18.2 Å². The van der Waals surface area contributed by atoms with Gasteiger partial charge < -0.3 is 9.64 Å². The Morgan fingerprint density at radius 2 is 1.92 bits per heavy atom. The average molecular weight is 385 g/mol. The molecule has 2 saturated heterocycles. The molecule has 2 heterocycles. The summed E-state index contributed by atoms with van der Waals surface area (Å²) in [6.45, 7) is 5.11. The Bertz CT molecular complexity index is 605. The molecule has 0 saturated carbocycles. The molecule has 25 heavy (non-hydrogen) atoms. The number of carbonyl (C=O) groups excluding carboxylic acids is 1. The summed E-state index contributed by atoms with van der Waals surface area (Å²) in [5, 5.41) is 1.37. The normalized spacial score (nSPS) is 24.9. The minimum Gasteiger partial charge on any atom is -0.383 e. The van der Waals surface area contributed by atoms with Crippen molar-refractivity contribution in [1.29, 1.82) is 0 Å². The number of likely N-dealkylation sites (tertiary alicyclic amines) is 2. The SMILES string of the molecule is COCCN1CC2(CCCN(Cc3cc(Cl)cc(Cl)c3)C2)CCC1=O. The summed E-state index contributed by atoms with van der Waals surface area (Å²) < 4.78 is 5.16. The third-order valence-electron chi connectivity index (χ3n) is 5.38. The van der Waals surface area contributed by atoms with Crippen molar-refractivity contribution in [3.05, 3.63) is 33.8 Å². The smallest absolute Gasteiger partial charge is 0.222 e. The van der Waals surface area contributed by atoms with Crippen molar-refractivity contribution in [2.45, 2.75) is 32.2 Å². The lowest BCUT2D eigenvalue weighted by atomic mass is 9.73. The highest BCUT2D eigenvalue weighted by Gasteiger charge is 2.41. The van der Waals surface area contributed by atoms with Gasteiger partial charge in [0, 0.05) is 55.2 Å². The van der Waals surface area contributed by atoms with Crippen LogP contribution in [0, 0.1) is 5.41 Å². The maximum atomic E-state index is 12.2. The summed E-state index contributed by atoms with van der Waals surface area (Å²) in [6, 6.07) is 5.75. The standard InChI is InChI=1S/C19H26Cl2N2O2/c1-25-8-7-23-14-19(5-3-18(23)24)4-2-6-22(13-19)12-15-9-16(20)11-17(21)10-15/h9-11H,2-8,12-14H2,1H3. The van der Waals surface area contributed by atoms with E-state index in [-0.39, 0.29) is 11.3 Å². The molecule has 0 N–H and O–H groups in total. The molecule has 1 aromatic rings. The van der Waals surface area contributed by atoms with E-state index in [0.29, 0.717) is 29.6 Å². The minimum atomic E-state index is 0.211. The molecular formula is C19H26Cl2N2O2. The van der Waals surface area contributed by atoms with Gasteiger partial charge in [-0.15, -0.1) is 0 Å². The second-order valence-electron chi connectivity index (χ2n) is 7.40. The Kier molecular flexibility index (Phi) is 6.26. The lowest BCUT2D eigenvalue weighted by molar-refractivity contribution is -0.140. The van der Waals surface area contributed by atoms with Crippen molar-refractivity contribution in [2.24, 2.45) is 5.41 Å². The van der Waals surface area contributed by atoms with Gasteiger partial charge in [-0.05, 0) is 49.6 Å². The zero-order valence-electron chi connectivity index (χ0n) is 14.8. The molecular weight excluding hydrogens is 359 g/mol. The van der Waals surface area contributed by atoms with E-state index in [1.165, 1.54) is 12.8 Å². The lowest BCUT2D eigenvalue weighted by Gasteiger charge is -2.48. The number of hydrogen-bond acceptors (Lipinski definition) is 3. The molecule has 0 aromatic heterocycles. The number of carbonyl (C=O) groups is 1. The van der Waals surface area contributed by atoms with Gasteiger partial charge in [-0.2, -0.15) is 0 Å². The number of methoxy groups -OCH3 is 1. The van der Waals surface area contributed by atoms with Crippen LogP contribution < -0.4 is 0 Å². The fraction of sp³-hybridized carbons (Fsp3) is 0.632. The minimum absolute atomic E-state index is 0.211. The van der Waals surface area contributed by atoms with Crippen LogP contribution in [0.3, 0.4) is 0 Å². The van der Waals surface area contributed by atoms with Crippen molar-refractivity contribution in [2.75, 3.05) is 39.9 Å². The van der Waals surface area contributed by atoms with Gasteiger partial charge >= 0.3 is 0 Å². The molecule has 2 aliphatic rings. The Labute approximate surface area is 160 Å². The highest BCUT2D eigenvalue weighted by atomic mass is 35.5. The van der Waals surface area contributed by atoms with Crippen molar-refractivity contribution in [3.63, 3.8) is 0 Å². The Hall–Kier alpha value is -0.810. The van der Waals surface area contributed by atoms with E-state index in [1.54, 1.807) is 13.2 Å². The van der Waals surface area contributed by atoms with E-state index in [2.05, 4.69) is 4.90 Å². The zero-order valence-corrected chi connectivity index (χ0v) is 16.3. The molecule has 3 rings (SSSR count). The van der Waals surface area contributed by atoms with Crippen LogP contribution >= 0.6 is 23.2 Å². The molecule has 1 aromatic carbocycles. The topological polar surface area (TPSA) is 32.8 Å². The number of ether oxygens (including phenoxy) is 1. The van der Waals surface area contributed by atoms with Gasteiger partial charge in [0.1, 0.15) is 0 Å². The van der Waals surface area contributed by atoms with E-state index < -0.39 is 0 Å². The fourth-order valence-electron chi connectivity index (χ4n) is 4.25. The molecule has 2 aliphatic heterocycles. The van der Waals surface area contributed by atoms with Crippen LogP contribution in [0.2, 0.25) is 10.0 Å². The van der Waals surface area contributed by atoms with Gasteiger partial charge in [0.05, 0.1) is 6.61 Å². The van der Waals surface area contributed by atoms with E-state index >= 15 is 0 Å². The molecule has 0 bridgehead atoms. The number of halogens is 2. The van der Waals surface area contributed by atoms with E-state index in [4.69, 9.17) is 27.9 Å². The zero-order chi connectivity index (χ0) is 17.9. The third kappa shape index (κ3) is 4.88. The highest BCUT2D eigenvalue weighted by Crippen LogP contribution is 2.39. The average Bonchev–Trinajstić information content (AvgIpc) is 2.55. The first-order valence-corrected chi connectivity index (χ1v) is 9.69. The van der Waals surface area contributed by atoms with Crippen LogP contribution in [0.25, 0.3) is 0 Å². The summed E-state index contributed by atoms with van der Waals surface area (Å²) >= 11 is 12.3. The van der Waals surface area contributed by atoms with Crippen molar-refractivity contribution < 1.29 is 9.53 Å². The number of amides is 1. The molecule has 1 amide bonds. The van der Waals surface area contributed by atoms with E-state index in [1.807, 2.05) is 17.0 Å². The molecule has 0 radical (unpaired) electrons. The Morgan fingerprint density at radius 3 is 2.64 bits per heavy atom. The van der Waals surface area contributed by atoms with Crippen LogP contribution in [0.1, 0.15) is 31.2 Å². The van der Waals surface area contributed by atoms with Crippen molar-refractivity contribution in [3.8, 4) is 0 Å². The van der Waals surface area contributed by atoms with Gasteiger partial charge in [0.2, 0.25) is 5.91 Å². The first kappa shape index (κ1) is 19.0. The van der Waals surface area contributed by atoms with E-state index in [0.717, 1.165) is 38.2 Å². The van der Waals surface area contributed by atoms with Gasteiger partial charge in [-0.25, -0.2) is 0 Å². The molecule has 1 spiro atoms. The number of hydrogen-bond donors (Lipinski definition) is 0. The summed E-state index contributed by atoms with van der Waals surface area (Å²) in [7, 11) is 1.68. The van der Waals surface area contributed by atoms with Crippen LogP contribution in [-0.2, 0) is 16.1 Å². The number of piperidine rings is 2. The summed E-state index contributed by atoms with van der Waals surface area (Å²) in [5.74, 6) is 0.265. The second-order valence-corrected chi connectivity index (χ2v) is 8.27. The quantitative estimate of drug-likeness (QED) is 0.772. The molecule has 6 heteroatoms. The molecule has 4 nitrogen and oxygen atoms in total. The monoisotopic (exact) mass is 384 g/mol. The maximum Gasteiger partial charge on any atom is 0.222 e. The van der Waals surface area contributed by atoms with Crippen LogP contribution in [0.5, 0.6) is 0 Å². The van der Waals surface area contributed by atoms with Crippen molar-refractivity contribution in [1.82, 2.24) is 9.80 Å². The number of nitrogens with zero attached hydrogens (tertiary/aromatic N) is 2. The molecule has 0 aliphatic carbocycles. The Balaban J connectivity index is 1.66. The predicted octanol–water partition coefficient (Wildman–Crippen LogP) is 3.84. The highest BCUT2D eigenvalue weighted by molar-refractivity contribution is 6.34. The second kappa shape index (κ2) is 8.26. The number of benzene rings is 1. The van der Waals surface area contributed by atoms with Gasteiger partial charge in [-0.3, -0.25) is 9.69 Å². The lowest BCUT2D eigenvalue weighted by Crippen LogP contribution is -2.54.